The van der Waals surface area contributed by atoms with Crippen LogP contribution in [0.25, 0.3) is 123 Å². The number of fused-ring (bicyclic) bond motifs is 14. The maximum absolute atomic E-state index is 11.7. The van der Waals surface area contributed by atoms with E-state index < -0.39 is 0 Å². The van der Waals surface area contributed by atoms with E-state index in [0.29, 0.717) is 22.5 Å². The van der Waals surface area contributed by atoms with E-state index in [1.165, 1.54) is 20.2 Å². The van der Waals surface area contributed by atoms with Crippen LogP contribution in [0.4, 0.5) is 5.69 Å². The van der Waals surface area contributed by atoms with Gasteiger partial charge in [-0.25, -0.2) is 4.85 Å². The number of thiophene rings is 2. The van der Waals surface area contributed by atoms with E-state index in [4.69, 9.17) is 9.97 Å². The van der Waals surface area contributed by atoms with Crippen molar-refractivity contribution in [1.29, 1.82) is 5.26 Å². The summed E-state index contributed by atoms with van der Waals surface area (Å²) in [5.41, 5.74) is 10.4. The maximum Gasteiger partial charge on any atom is 0.220 e. The lowest BCUT2D eigenvalue weighted by atomic mass is 9.88. The summed E-state index contributed by atoms with van der Waals surface area (Å²) in [4.78, 5) is 14.3. The lowest BCUT2D eigenvalue weighted by Crippen LogP contribution is -2.09. The van der Waals surface area contributed by atoms with Gasteiger partial charge in [-0.1, -0.05) is 121 Å². The van der Waals surface area contributed by atoms with Crippen molar-refractivity contribution in [1.82, 2.24) is 19.1 Å². The van der Waals surface area contributed by atoms with Gasteiger partial charge in [0.05, 0.1) is 55.0 Å². The summed E-state index contributed by atoms with van der Waals surface area (Å²) in [5.74, 6) is 0. The van der Waals surface area contributed by atoms with Crippen LogP contribution in [-0.2, 0) is 0 Å². The number of rotatable bonds is 4. The molecule has 6 aromatic heterocycles. The molecule has 0 bridgehead atoms. The van der Waals surface area contributed by atoms with Crippen molar-refractivity contribution in [3.05, 3.63) is 187 Å². The highest BCUT2D eigenvalue weighted by atomic mass is 32.1. The molecule has 0 radical (unpaired) electrons. The third-order valence-electron chi connectivity index (χ3n) is 12.3. The topological polar surface area (TPSA) is 63.8 Å². The molecule has 0 unspecified atom stereocenters. The first-order chi connectivity index (χ1) is 30.7. The van der Waals surface area contributed by atoms with Crippen LogP contribution in [0.5, 0.6) is 0 Å². The van der Waals surface area contributed by atoms with Gasteiger partial charge in [-0.2, -0.15) is 5.26 Å². The van der Waals surface area contributed by atoms with Gasteiger partial charge in [-0.3, -0.25) is 9.97 Å². The van der Waals surface area contributed by atoms with Gasteiger partial charge in [0.25, 0.3) is 0 Å². The Hall–Kier alpha value is -8.14. The SMILES string of the molecule is [C-]#[N+]c1c(-c2ccccc2)c(C#N)c(-n2c3cccnc3c3ncccc32)c(-c2ccccc2)c1-n1c2c(ccc3c4ccccc4sc32)c2ccc3c4ccccc4sc3c21. The maximum atomic E-state index is 11.7. The van der Waals surface area contributed by atoms with Crippen molar-refractivity contribution < 1.29 is 0 Å². The lowest BCUT2D eigenvalue weighted by molar-refractivity contribution is 1.13. The molecule has 13 aromatic rings. The largest absolute Gasteiger partial charge is 0.316 e. The third-order valence-corrected chi connectivity index (χ3v) is 14.7. The van der Waals surface area contributed by atoms with Crippen molar-refractivity contribution >= 4 is 113 Å². The number of pyridine rings is 2. The average molecular weight is 825 g/mol. The fourth-order valence-corrected chi connectivity index (χ4v) is 12.3. The summed E-state index contributed by atoms with van der Waals surface area (Å²) in [6, 6.07) is 57.2. The number of nitrogens with zero attached hydrogens (tertiary/aromatic N) is 6. The van der Waals surface area contributed by atoms with E-state index in [9.17, 15) is 11.8 Å². The molecule has 13 rings (SSSR count). The fourth-order valence-electron chi connectivity index (χ4n) is 9.79. The van der Waals surface area contributed by atoms with Crippen LogP contribution in [0, 0.1) is 17.9 Å². The highest BCUT2D eigenvalue weighted by Crippen LogP contribution is 2.54. The molecule has 0 fully saturated rings. The molecule has 0 N–H and O–H groups in total. The average Bonchev–Trinajstić information content (AvgIpc) is 4.09. The molecule has 0 saturated heterocycles. The Labute approximate surface area is 361 Å². The molecule has 0 saturated carbocycles. The highest BCUT2D eigenvalue weighted by Gasteiger charge is 2.33. The first-order valence-electron chi connectivity index (χ1n) is 20.3. The molecule has 62 heavy (non-hydrogen) atoms. The predicted molar refractivity (Wildman–Crippen MR) is 258 cm³/mol. The van der Waals surface area contributed by atoms with E-state index in [0.717, 1.165) is 86.4 Å². The van der Waals surface area contributed by atoms with Gasteiger partial charge in [-0.05, 0) is 47.5 Å². The Bertz CT molecular complexity index is 3940. The molecule has 0 atom stereocenters. The summed E-state index contributed by atoms with van der Waals surface area (Å²) in [7, 11) is 0. The van der Waals surface area contributed by atoms with Crippen LogP contribution >= 0.6 is 22.7 Å². The molecule has 286 valence electrons. The van der Waals surface area contributed by atoms with Crippen LogP contribution in [0.15, 0.2) is 170 Å². The summed E-state index contributed by atoms with van der Waals surface area (Å²) >= 11 is 3.57. The van der Waals surface area contributed by atoms with Crippen LogP contribution < -0.4 is 0 Å². The van der Waals surface area contributed by atoms with E-state index in [1.54, 1.807) is 35.1 Å². The Balaban J connectivity index is 1.37. The Kier molecular flexibility index (Phi) is 7.38. The van der Waals surface area contributed by atoms with E-state index >= 15 is 0 Å². The highest BCUT2D eigenvalue weighted by molar-refractivity contribution is 7.27. The van der Waals surface area contributed by atoms with Crippen LogP contribution in [0.1, 0.15) is 5.56 Å². The van der Waals surface area contributed by atoms with Crippen molar-refractivity contribution in [2.45, 2.75) is 0 Å². The Morgan fingerprint density at radius 2 is 0.968 bits per heavy atom. The molecule has 0 aliphatic heterocycles. The van der Waals surface area contributed by atoms with Crippen LogP contribution in [-0.4, -0.2) is 19.1 Å². The summed E-state index contributed by atoms with van der Waals surface area (Å²) in [6.45, 7) is 9.31. The Morgan fingerprint density at radius 3 is 1.48 bits per heavy atom. The van der Waals surface area contributed by atoms with Crippen LogP contribution in [0.3, 0.4) is 0 Å². The number of hydrogen-bond acceptors (Lipinski definition) is 5. The molecule has 0 aliphatic carbocycles. The van der Waals surface area contributed by atoms with E-state index in [-0.39, 0.29) is 0 Å². The predicted octanol–water partition coefficient (Wildman–Crippen LogP) is 15.2. The summed E-state index contributed by atoms with van der Waals surface area (Å²) in [6.07, 6.45) is 3.58. The minimum absolute atomic E-state index is 0.399. The van der Waals surface area contributed by atoms with Crippen molar-refractivity contribution in [2.24, 2.45) is 0 Å². The Morgan fingerprint density at radius 1 is 0.484 bits per heavy atom. The minimum Gasteiger partial charge on any atom is -0.316 e. The molecular formula is C54H28N6S2. The first-order valence-corrected chi connectivity index (χ1v) is 21.9. The molecule has 0 spiro atoms. The quantitative estimate of drug-likeness (QED) is 0.166. The van der Waals surface area contributed by atoms with Gasteiger partial charge >= 0.3 is 0 Å². The zero-order chi connectivity index (χ0) is 41.1. The number of hydrogen-bond donors (Lipinski definition) is 0. The van der Waals surface area contributed by atoms with Gasteiger partial charge in [0, 0.05) is 65.2 Å². The molecule has 7 aromatic carbocycles. The molecule has 6 nitrogen and oxygen atoms in total. The normalized spacial score (nSPS) is 11.8. The molecule has 8 heteroatoms. The van der Waals surface area contributed by atoms with Gasteiger partial charge in [-0.15, -0.1) is 22.7 Å². The number of aromatic nitrogens is 4. The van der Waals surface area contributed by atoms with Crippen molar-refractivity contribution in [2.75, 3.05) is 0 Å². The van der Waals surface area contributed by atoms with Gasteiger partial charge in [0.2, 0.25) is 5.69 Å². The molecular weight excluding hydrogens is 797 g/mol. The molecule has 6 heterocycles. The molecule has 0 amide bonds. The second-order valence-electron chi connectivity index (χ2n) is 15.4. The zero-order valence-corrected chi connectivity index (χ0v) is 34.3. The smallest absolute Gasteiger partial charge is 0.220 e. The van der Waals surface area contributed by atoms with Gasteiger partial charge in [0.15, 0.2) is 0 Å². The standard InChI is InChI=1S/C54H28N6S2/c1-56-48-44(31-14-4-2-5-15-31)39(30-55)49(59-40-20-12-28-57-46(40)47-41(59)21-13-29-58-47)45(32-16-6-3-7-17-32)52(48)60-50-35(24-26-37-33-18-8-10-22-42(33)61-53(37)50)36-25-27-38-34-19-9-11-23-43(34)62-54(38)51(36)60/h2-29H. The van der Waals surface area contributed by atoms with E-state index in [2.05, 4.69) is 105 Å². The second kappa shape index (κ2) is 13.2. The fraction of sp³-hybridized carbons (Fsp3) is 0. The number of nitriles is 1. The van der Waals surface area contributed by atoms with E-state index in [1.807, 2.05) is 72.8 Å². The van der Waals surface area contributed by atoms with Gasteiger partial charge < -0.3 is 9.13 Å². The summed E-state index contributed by atoms with van der Waals surface area (Å²) in [5, 5.41) is 18.6. The third kappa shape index (κ3) is 4.65. The monoisotopic (exact) mass is 824 g/mol. The first kappa shape index (κ1) is 34.7. The molecule has 0 aliphatic rings. The van der Waals surface area contributed by atoms with Crippen molar-refractivity contribution in [3.63, 3.8) is 0 Å². The lowest BCUT2D eigenvalue weighted by Gasteiger charge is -2.25. The van der Waals surface area contributed by atoms with Crippen molar-refractivity contribution in [3.8, 4) is 39.7 Å². The number of benzene rings is 7. The minimum atomic E-state index is 0.399. The van der Waals surface area contributed by atoms with Gasteiger partial charge in [0.1, 0.15) is 17.1 Å². The van der Waals surface area contributed by atoms with Crippen LogP contribution in [0.2, 0.25) is 0 Å². The zero-order valence-electron chi connectivity index (χ0n) is 32.7. The second-order valence-corrected chi connectivity index (χ2v) is 17.5. The summed E-state index contributed by atoms with van der Waals surface area (Å²) < 4.78 is 9.24.